The lowest BCUT2D eigenvalue weighted by atomic mass is 10.2. The number of rotatable bonds is 9. The fraction of sp³-hybridized carbons (Fsp3) is 0.875. The summed E-state index contributed by atoms with van der Waals surface area (Å²) in [5, 5.41) is 0. The molecule has 3 nitrogen and oxygen atoms in total. The minimum absolute atomic E-state index is 0.855. The van der Waals surface area contributed by atoms with Crippen molar-refractivity contribution in [2.24, 2.45) is 0 Å². The van der Waals surface area contributed by atoms with Gasteiger partial charge in [-0.2, -0.15) is 0 Å². The minimum atomic E-state index is 0.855. The van der Waals surface area contributed by atoms with E-state index in [0.29, 0.717) is 0 Å². The van der Waals surface area contributed by atoms with E-state index >= 15 is 0 Å². The highest BCUT2D eigenvalue weighted by atomic mass is 15.3. The van der Waals surface area contributed by atoms with E-state index in [1.165, 1.54) is 39.0 Å². The molecule has 0 radical (unpaired) electrons. The molecule has 0 heterocycles. The summed E-state index contributed by atoms with van der Waals surface area (Å²) in [5.74, 6) is 2.87. The van der Waals surface area contributed by atoms with Crippen molar-refractivity contribution >= 4 is 0 Å². The molecule has 112 valence electrons. The second-order valence-corrected chi connectivity index (χ2v) is 8.16. The normalized spacial score (nSPS) is 13.4. The van der Waals surface area contributed by atoms with E-state index < -0.39 is 0 Å². The zero-order chi connectivity index (χ0) is 15.2. The lowest BCUT2D eigenvalue weighted by Crippen LogP contribution is -2.49. The van der Waals surface area contributed by atoms with Gasteiger partial charge in [-0.3, -0.25) is 0 Å². The third-order valence-corrected chi connectivity index (χ3v) is 3.53. The first kappa shape index (κ1) is 18.4. The zero-order valence-electron chi connectivity index (χ0n) is 14.4. The van der Waals surface area contributed by atoms with Crippen LogP contribution in [0.2, 0.25) is 0 Å². The number of quaternary nitrogens is 3. The molecule has 0 bridgehead atoms. The van der Waals surface area contributed by atoms with E-state index in [0.717, 1.165) is 20.0 Å². The topological polar surface area (TPSA) is 0 Å². The molecule has 0 aliphatic rings. The van der Waals surface area contributed by atoms with Gasteiger partial charge in [0.15, 0.2) is 0 Å². The molecule has 0 spiro atoms. The maximum Gasteiger partial charge on any atom is 0.140 e. The molecule has 0 aliphatic carbocycles. The zero-order valence-corrected chi connectivity index (χ0v) is 14.4. The van der Waals surface area contributed by atoms with E-state index in [-0.39, 0.29) is 0 Å². The molecule has 0 atom stereocenters. The Labute approximate surface area is 121 Å². The van der Waals surface area contributed by atoms with Crippen LogP contribution in [0.4, 0.5) is 0 Å². The summed E-state index contributed by atoms with van der Waals surface area (Å²) < 4.78 is 3.10. The van der Waals surface area contributed by atoms with Crippen molar-refractivity contribution in [2.75, 3.05) is 82.1 Å². The molecule has 19 heavy (non-hydrogen) atoms. The lowest BCUT2D eigenvalue weighted by Gasteiger charge is -2.35. The summed E-state index contributed by atoms with van der Waals surface area (Å²) in [6, 6.07) is 0. The Hall–Kier alpha value is -0.560. The van der Waals surface area contributed by atoms with Crippen LogP contribution in [0.15, 0.2) is 0 Å². The molecule has 0 saturated heterocycles. The molecule has 0 aromatic heterocycles. The summed E-state index contributed by atoms with van der Waals surface area (Å²) in [7, 11) is 15.8. The van der Waals surface area contributed by atoms with E-state index in [9.17, 15) is 0 Å². The minimum Gasteiger partial charge on any atom is -0.331 e. The van der Waals surface area contributed by atoms with Crippen molar-refractivity contribution in [2.45, 2.75) is 12.8 Å². The summed E-state index contributed by atoms with van der Waals surface area (Å²) in [6.45, 7) is 5.67. The number of nitrogens with zero attached hydrogens (tertiary/aromatic N) is 3. The van der Waals surface area contributed by atoms with Crippen LogP contribution in [-0.4, -0.2) is 95.5 Å². The summed E-state index contributed by atoms with van der Waals surface area (Å²) in [4.78, 5) is 0. The second kappa shape index (κ2) is 7.28. The van der Waals surface area contributed by atoms with Gasteiger partial charge in [0.25, 0.3) is 0 Å². The van der Waals surface area contributed by atoms with Gasteiger partial charge in [0.1, 0.15) is 6.54 Å². The molecular weight excluding hydrogens is 234 g/mol. The monoisotopic (exact) mass is 270 g/mol. The van der Waals surface area contributed by atoms with Crippen molar-refractivity contribution in [1.29, 1.82) is 0 Å². The first-order chi connectivity index (χ1) is 8.47. The van der Waals surface area contributed by atoms with Gasteiger partial charge >= 0.3 is 0 Å². The molecule has 0 fully saturated rings. The SMILES string of the molecule is C#CC[N+](C)(CCC[N+](C)(C)C)CCC[N+](C)(C)C. The molecule has 0 N–H and O–H groups in total. The Morgan fingerprint density at radius 2 is 1.05 bits per heavy atom. The van der Waals surface area contributed by atoms with Crippen LogP contribution in [0.3, 0.4) is 0 Å². The molecule has 0 aromatic rings. The fourth-order valence-corrected chi connectivity index (χ4v) is 2.34. The molecule has 0 aromatic carbocycles. The van der Waals surface area contributed by atoms with Crippen LogP contribution in [0, 0.1) is 12.3 Å². The Morgan fingerprint density at radius 3 is 1.32 bits per heavy atom. The van der Waals surface area contributed by atoms with Gasteiger partial charge in [-0.25, -0.2) is 0 Å². The predicted molar refractivity (Wildman–Crippen MR) is 84.7 cm³/mol. The summed E-state index contributed by atoms with van der Waals surface area (Å²) >= 11 is 0. The molecule has 0 rings (SSSR count). The maximum atomic E-state index is 5.56. The Morgan fingerprint density at radius 1 is 0.684 bits per heavy atom. The van der Waals surface area contributed by atoms with Gasteiger partial charge in [0.2, 0.25) is 0 Å². The van der Waals surface area contributed by atoms with Crippen LogP contribution in [0.25, 0.3) is 0 Å². The van der Waals surface area contributed by atoms with E-state index in [1.807, 2.05) is 0 Å². The Bertz CT molecular complexity index is 269. The molecule has 0 amide bonds. The van der Waals surface area contributed by atoms with Crippen LogP contribution in [0.5, 0.6) is 0 Å². The average Bonchev–Trinajstić information content (AvgIpc) is 2.13. The second-order valence-electron chi connectivity index (χ2n) is 8.16. The van der Waals surface area contributed by atoms with Crippen LogP contribution < -0.4 is 0 Å². The number of terminal acetylenes is 1. The van der Waals surface area contributed by atoms with Crippen molar-refractivity contribution < 1.29 is 13.4 Å². The first-order valence-corrected chi connectivity index (χ1v) is 7.35. The van der Waals surface area contributed by atoms with E-state index in [4.69, 9.17) is 6.42 Å². The highest BCUT2D eigenvalue weighted by molar-refractivity contribution is 4.83. The smallest absolute Gasteiger partial charge is 0.140 e. The molecular formula is C16H36N3+3. The van der Waals surface area contributed by atoms with Crippen molar-refractivity contribution in [3.63, 3.8) is 0 Å². The highest BCUT2D eigenvalue weighted by Crippen LogP contribution is 2.08. The van der Waals surface area contributed by atoms with Gasteiger partial charge in [0, 0.05) is 12.8 Å². The first-order valence-electron chi connectivity index (χ1n) is 7.35. The molecule has 0 aliphatic heterocycles. The van der Waals surface area contributed by atoms with Crippen LogP contribution in [-0.2, 0) is 0 Å². The maximum absolute atomic E-state index is 5.56. The summed E-state index contributed by atoms with van der Waals surface area (Å²) in [5.41, 5.74) is 0. The molecule has 3 heteroatoms. The third kappa shape index (κ3) is 11.0. The average molecular weight is 270 g/mol. The standard InChI is InChI=1S/C16H36N3/c1-9-12-19(8,15-10-13-17(2,3)4)16-11-14-18(5,6)7/h1H,10-16H2,2-8H3/q+3. The van der Waals surface area contributed by atoms with Gasteiger partial charge in [-0.1, -0.05) is 0 Å². The predicted octanol–water partition coefficient (Wildman–Crippen LogP) is 1.26. The van der Waals surface area contributed by atoms with Crippen molar-refractivity contribution in [3.8, 4) is 12.3 Å². The van der Waals surface area contributed by atoms with Crippen LogP contribution in [0.1, 0.15) is 12.8 Å². The molecule has 0 unspecified atom stereocenters. The van der Waals surface area contributed by atoms with Crippen molar-refractivity contribution in [1.82, 2.24) is 0 Å². The van der Waals surface area contributed by atoms with Crippen LogP contribution >= 0.6 is 0 Å². The van der Waals surface area contributed by atoms with Gasteiger partial charge in [0.05, 0.1) is 75.5 Å². The van der Waals surface area contributed by atoms with Gasteiger partial charge in [-0.05, 0) is 5.92 Å². The quantitative estimate of drug-likeness (QED) is 0.437. The summed E-state index contributed by atoms with van der Waals surface area (Å²) in [6.07, 6.45) is 8.04. The third-order valence-electron chi connectivity index (χ3n) is 3.53. The van der Waals surface area contributed by atoms with E-state index in [2.05, 4.69) is 55.3 Å². The number of hydrogen-bond acceptors (Lipinski definition) is 0. The van der Waals surface area contributed by atoms with Crippen molar-refractivity contribution in [3.05, 3.63) is 0 Å². The van der Waals surface area contributed by atoms with Gasteiger partial charge in [-0.15, -0.1) is 6.42 Å². The van der Waals surface area contributed by atoms with Gasteiger partial charge < -0.3 is 13.4 Å². The Balaban J connectivity index is 4.23. The highest BCUT2D eigenvalue weighted by Gasteiger charge is 2.22. The van der Waals surface area contributed by atoms with E-state index in [1.54, 1.807) is 0 Å². The molecule has 0 saturated carbocycles. The fourth-order valence-electron chi connectivity index (χ4n) is 2.34. The Kier molecular flexibility index (Phi) is 7.07. The largest absolute Gasteiger partial charge is 0.331 e. The lowest BCUT2D eigenvalue weighted by molar-refractivity contribution is -0.917. The number of hydrogen-bond donors (Lipinski definition) is 0.